The van der Waals surface area contributed by atoms with Crippen LogP contribution in [0.2, 0.25) is 0 Å². The Morgan fingerprint density at radius 3 is 2.75 bits per heavy atom. The first-order valence-corrected chi connectivity index (χ1v) is 2.59. The van der Waals surface area contributed by atoms with Crippen molar-refractivity contribution in [3.8, 4) is 0 Å². The first-order chi connectivity index (χ1) is 3.81. The lowest BCUT2D eigenvalue weighted by Crippen LogP contribution is -2.18. The van der Waals surface area contributed by atoms with E-state index in [1.807, 2.05) is 6.92 Å². The van der Waals surface area contributed by atoms with Crippen LogP contribution in [-0.4, -0.2) is 26.1 Å². The third-order valence-electron chi connectivity index (χ3n) is 0.653. The van der Waals surface area contributed by atoms with E-state index >= 15 is 0 Å². The van der Waals surface area contributed by atoms with E-state index < -0.39 is 0 Å². The Morgan fingerprint density at radius 1 is 1.75 bits per heavy atom. The molecule has 0 radical (unpaired) electrons. The van der Waals surface area contributed by atoms with Crippen molar-refractivity contribution < 1.29 is 4.74 Å². The van der Waals surface area contributed by atoms with Crippen LogP contribution in [0.25, 0.3) is 0 Å². The van der Waals surface area contributed by atoms with Gasteiger partial charge in [0.05, 0.1) is 0 Å². The van der Waals surface area contributed by atoms with Crippen LogP contribution in [0.15, 0.2) is 4.99 Å². The van der Waals surface area contributed by atoms with Gasteiger partial charge >= 0.3 is 0 Å². The maximum absolute atomic E-state index is 5.32. The van der Waals surface area contributed by atoms with Gasteiger partial charge in [0, 0.05) is 13.7 Å². The minimum Gasteiger partial charge on any atom is -0.386 e. The van der Waals surface area contributed by atoms with Crippen LogP contribution < -0.4 is 5.73 Å². The normalized spacial score (nSPS) is 12.0. The molecule has 0 saturated carbocycles. The van der Waals surface area contributed by atoms with Crippen LogP contribution in [0, 0.1) is 0 Å². The van der Waals surface area contributed by atoms with Gasteiger partial charge in [-0.25, -0.2) is 0 Å². The molecule has 3 nitrogen and oxygen atoms in total. The van der Waals surface area contributed by atoms with Crippen LogP contribution in [0.1, 0.15) is 6.92 Å². The molecule has 0 unspecified atom stereocenters. The number of hydrogen-bond donors (Lipinski definition) is 1. The average Bonchev–Trinajstić information content (AvgIpc) is 1.68. The van der Waals surface area contributed by atoms with E-state index in [-0.39, 0.29) is 0 Å². The van der Waals surface area contributed by atoms with Gasteiger partial charge in [-0.3, -0.25) is 4.99 Å². The molecule has 0 aliphatic carbocycles. The topological polar surface area (TPSA) is 47.6 Å². The maximum atomic E-state index is 5.32. The van der Waals surface area contributed by atoms with E-state index in [9.17, 15) is 0 Å². The molecule has 0 fully saturated rings. The molecule has 0 aliphatic heterocycles. The van der Waals surface area contributed by atoms with Gasteiger partial charge < -0.3 is 10.5 Å². The fraction of sp³-hybridized carbons (Fsp3) is 0.800. The molecule has 0 heterocycles. The molecule has 0 aromatic heterocycles. The van der Waals surface area contributed by atoms with E-state index in [2.05, 4.69) is 4.99 Å². The number of hydrogen-bond acceptors (Lipinski definition) is 2. The second-order valence-electron chi connectivity index (χ2n) is 1.40. The molecule has 0 amide bonds. The van der Waals surface area contributed by atoms with Crippen LogP contribution in [0.3, 0.4) is 0 Å². The van der Waals surface area contributed by atoms with Crippen molar-refractivity contribution in [3.63, 3.8) is 0 Å². The van der Waals surface area contributed by atoms with Crippen LogP contribution >= 0.6 is 0 Å². The van der Waals surface area contributed by atoms with E-state index in [0.29, 0.717) is 12.4 Å². The average molecular weight is 116 g/mol. The molecule has 48 valence electrons. The highest BCUT2D eigenvalue weighted by Gasteiger charge is 1.84. The number of aliphatic imine (C=N–C) groups is 1. The first kappa shape index (κ1) is 7.43. The highest BCUT2D eigenvalue weighted by molar-refractivity contribution is 5.81. The SMILES string of the molecule is CCN=C(N)COC. The van der Waals surface area contributed by atoms with Crippen LogP contribution in [0.5, 0.6) is 0 Å². The Balaban J connectivity index is 3.29. The summed E-state index contributed by atoms with van der Waals surface area (Å²) in [7, 11) is 1.60. The number of amidine groups is 1. The zero-order chi connectivity index (χ0) is 6.41. The molecule has 0 aliphatic rings. The van der Waals surface area contributed by atoms with Gasteiger partial charge in [-0.05, 0) is 6.92 Å². The minimum atomic E-state index is 0.438. The lowest BCUT2D eigenvalue weighted by molar-refractivity contribution is 0.244. The quantitative estimate of drug-likeness (QED) is 0.417. The van der Waals surface area contributed by atoms with Crippen molar-refractivity contribution in [2.24, 2.45) is 10.7 Å². The standard InChI is InChI=1S/C5H12N2O/c1-3-7-5(6)4-8-2/h3-4H2,1-2H3,(H2,6,7). The molecule has 0 bridgehead atoms. The summed E-state index contributed by atoms with van der Waals surface area (Å²) in [5, 5.41) is 0. The lowest BCUT2D eigenvalue weighted by atomic mass is 10.6. The second-order valence-corrected chi connectivity index (χ2v) is 1.40. The summed E-state index contributed by atoms with van der Waals surface area (Å²) in [4.78, 5) is 3.88. The fourth-order valence-corrected chi connectivity index (χ4v) is 0.397. The lowest BCUT2D eigenvalue weighted by Gasteiger charge is -1.94. The summed E-state index contributed by atoms with van der Waals surface area (Å²) in [5.41, 5.74) is 5.32. The summed E-state index contributed by atoms with van der Waals surface area (Å²) in [6.45, 7) is 3.10. The number of nitrogens with two attached hydrogens (primary N) is 1. The largest absolute Gasteiger partial charge is 0.386 e. The van der Waals surface area contributed by atoms with Gasteiger partial charge in [0.15, 0.2) is 0 Å². The summed E-state index contributed by atoms with van der Waals surface area (Å²) in [6.07, 6.45) is 0. The van der Waals surface area contributed by atoms with Crippen LogP contribution in [-0.2, 0) is 4.74 Å². The second kappa shape index (κ2) is 4.59. The summed E-state index contributed by atoms with van der Waals surface area (Å²) in [6, 6.07) is 0. The number of rotatable bonds is 3. The van der Waals surface area contributed by atoms with Crippen molar-refractivity contribution in [2.75, 3.05) is 20.3 Å². The number of ether oxygens (including phenoxy) is 1. The first-order valence-electron chi connectivity index (χ1n) is 2.59. The molecule has 3 heteroatoms. The Bertz CT molecular complexity index is 80.5. The molecule has 0 aromatic carbocycles. The molecule has 2 N–H and O–H groups in total. The predicted molar refractivity (Wildman–Crippen MR) is 34.0 cm³/mol. The van der Waals surface area contributed by atoms with Crippen LogP contribution in [0.4, 0.5) is 0 Å². The molecular formula is C5H12N2O. The molecular weight excluding hydrogens is 104 g/mol. The Kier molecular flexibility index (Phi) is 4.26. The van der Waals surface area contributed by atoms with Crippen molar-refractivity contribution >= 4 is 5.84 Å². The highest BCUT2D eigenvalue weighted by Crippen LogP contribution is 1.70. The van der Waals surface area contributed by atoms with E-state index in [4.69, 9.17) is 10.5 Å². The molecule has 0 spiro atoms. The number of methoxy groups -OCH3 is 1. The molecule has 0 rings (SSSR count). The van der Waals surface area contributed by atoms with Crippen molar-refractivity contribution in [1.29, 1.82) is 0 Å². The Labute approximate surface area is 49.5 Å². The van der Waals surface area contributed by atoms with Gasteiger partial charge in [-0.2, -0.15) is 0 Å². The molecule has 0 saturated heterocycles. The summed E-state index contributed by atoms with van der Waals surface area (Å²) >= 11 is 0. The third kappa shape index (κ3) is 3.61. The molecule has 0 atom stereocenters. The monoisotopic (exact) mass is 116 g/mol. The smallest absolute Gasteiger partial charge is 0.120 e. The van der Waals surface area contributed by atoms with E-state index in [1.165, 1.54) is 0 Å². The van der Waals surface area contributed by atoms with E-state index in [0.717, 1.165) is 6.54 Å². The number of nitrogens with zero attached hydrogens (tertiary/aromatic N) is 1. The zero-order valence-electron chi connectivity index (χ0n) is 5.35. The van der Waals surface area contributed by atoms with Crippen molar-refractivity contribution in [1.82, 2.24) is 0 Å². The van der Waals surface area contributed by atoms with Gasteiger partial charge in [-0.1, -0.05) is 0 Å². The zero-order valence-corrected chi connectivity index (χ0v) is 5.35. The summed E-state index contributed by atoms with van der Waals surface area (Å²) in [5.74, 6) is 0.565. The Hall–Kier alpha value is -0.570. The van der Waals surface area contributed by atoms with E-state index in [1.54, 1.807) is 7.11 Å². The molecule has 0 aromatic rings. The van der Waals surface area contributed by atoms with Gasteiger partial charge in [-0.15, -0.1) is 0 Å². The van der Waals surface area contributed by atoms with Gasteiger partial charge in [0.25, 0.3) is 0 Å². The third-order valence-corrected chi connectivity index (χ3v) is 0.653. The minimum absolute atomic E-state index is 0.438. The fourth-order valence-electron chi connectivity index (χ4n) is 0.397. The van der Waals surface area contributed by atoms with Crippen molar-refractivity contribution in [3.05, 3.63) is 0 Å². The maximum Gasteiger partial charge on any atom is 0.120 e. The molecule has 8 heavy (non-hydrogen) atoms. The Morgan fingerprint density at radius 2 is 2.38 bits per heavy atom. The predicted octanol–water partition coefficient (Wildman–Crippen LogP) is 0.00990. The van der Waals surface area contributed by atoms with Crippen molar-refractivity contribution in [2.45, 2.75) is 6.92 Å². The van der Waals surface area contributed by atoms with Gasteiger partial charge in [0.1, 0.15) is 12.4 Å². The highest BCUT2D eigenvalue weighted by atomic mass is 16.5. The summed E-state index contributed by atoms with van der Waals surface area (Å²) < 4.78 is 4.70. The van der Waals surface area contributed by atoms with Gasteiger partial charge in [0.2, 0.25) is 0 Å².